The van der Waals surface area contributed by atoms with E-state index in [2.05, 4.69) is 6.07 Å². The van der Waals surface area contributed by atoms with Crippen molar-refractivity contribution in [2.24, 2.45) is 0 Å². The molecule has 2 amide bonds. The van der Waals surface area contributed by atoms with Gasteiger partial charge in [0.1, 0.15) is 5.75 Å². The number of aryl methyl sites for hydroxylation is 2. The zero-order chi connectivity index (χ0) is 18.7. The molecule has 0 aliphatic carbocycles. The van der Waals surface area contributed by atoms with Crippen molar-refractivity contribution in [2.75, 3.05) is 32.1 Å². The summed E-state index contributed by atoms with van der Waals surface area (Å²) in [4.78, 5) is 28.1. The smallest absolute Gasteiger partial charge is 0.259 e. The molecule has 0 N–H and O–H groups in total. The molecule has 5 heteroatoms. The first kappa shape index (κ1) is 18.0. The minimum atomic E-state index is -0.123. The largest absolute Gasteiger partial charge is 0.484 e. The van der Waals surface area contributed by atoms with Gasteiger partial charge >= 0.3 is 0 Å². The molecule has 5 nitrogen and oxygen atoms in total. The van der Waals surface area contributed by atoms with Gasteiger partial charge in [-0.2, -0.15) is 0 Å². The van der Waals surface area contributed by atoms with Crippen LogP contribution in [0.2, 0.25) is 0 Å². The van der Waals surface area contributed by atoms with Crippen LogP contribution in [0.1, 0.15) is 27.9 Å². The van der Waals surface area contributed by atoms with E-state index in [9.17, 15) is 9.59 Å². The average molecular weight is 352 g/mol. The third-order valence-electron chi connectivity index (χ3n) is 4.61. The third-order valence-corrected chi connectivity index (χ3v) is 4.61. The highest BCUT2D eigenvalue weighted by Crippen LogP contribution is 2.32. The average Bonchev–Trinajstić information content (AvgIpc) is 2.65. The number of carbonyl (C=O) groups is 2. The molecule has 0 unspecified atom stereocenters. The lowest BCUT2D eigenvalue weighted by atomic mass is 9.97. The molecular formula is C21H24N2O3. The van der Waals surface area contributed by atoms with Crippen LogP contribution in [0.3, 0.4) is 0 Å². The number of hydrogen-bond donors (Lipinski definition) is 0. The second-order valence-corrected chi connectivity index (χ2v) is 6.75. The predicted molar refractivity (Wildman–Crippen MR) is 102 cm³/mol. The molecule has 0 spiro atoms. The van der Waals surface area contributed by atoms with Crippen LogP contribution < -0.4 is 9.64 Å². The fourth-order valence-electron chi connectivity index (χ4n) is 3.20. The van der Waals surface area contributed by atoms with E-state index in [1.807, 2.05) is 24.0 Å². The summed E-state index contributed by atoms with van der Waals surface area (Å²) < 4.78 is 5.54. The van der Waals surface area contributed by atoms with Gasteiger partial charge in [-0.3, -0.25) is 9.59 Å². The Bertz CT molecular complexity index is 830. The Morgan fingerprint density at radius 2 is 1.92 bits per heavy atom. The van der Waals surface area contributed by atoms with Crippen molar-refractivity contribution in [3.63, 3.8) is 0 Å². The molecule has 2 aromatic rings. The molecule has 0 saturated heterocycles. The molecule has 1 heterocycles. The molecule has 136 valence electrons. The van der Waals surface area contributed by atoms with Crippen LogP contribution in [0.4, 0.5) is 5.69 Å². The third kappa shape index (κ3) is 3.72. The minimum absolute atomic E-state index is 0.0374. The lowest BCUT2D eigenvalue weighted by Crippen LogP contribution is -2.36. The van der Waals surface area contributed by atoms with Crippen LogP contribution in [-0.2, 0) is 11.2 Å². The number of anilines is 1. The molecule has 0 bridgehead atoms. The van der Waals surface area contributed by atoms with Gasteiger partial charge in [-0.1, -0.05) is 24.3 Å². The summed E-state index contributed by atoms with van der Waals surface area (Å²) >= 11 is 0. The van der Waals surface area contributed by atoms with Crippen LogP contribution in [0.15, 0.2) is 42.5 Å². The van der Waals surface area contributed by atoms with Crippen molar-refractivity contribution < 1.29 is 14.3 Å². The zero-order valence-electron chi connectivity index (χ0n) is 15.5. The fourth-order valence-corrected chi connectivity index (χ4v) is 3.20. The number of likely N-dealkylation sites (N-methyl/N-ethyl adjacent to an activating group) is 1. The van der Waals surface area contributed by atoms with Gasteiger partial charge in [-0.05, 0) is 49.1 Å². The van der Waals surface area contributed by atoms with Gasteiger partial charge in [-0.15, -0.1) is 0 Å². The van der Waals surface area contributed by atoms with E-state index in [0.717, 1.165) is 24.1 Å². The number of rotatable bonds is 4. The first-order chi connectivity index (χ1) is 12.5. The highest BCUT2D eigenvalue weighted by atomic mass is 16.5. The number of benzene rings is 2. The molecular weight excluding hydrogens is 328 g/mol. The maximum Gasteiger partial charge on any atom is 0.259 e. The van der Waals surface area contributed by atoms with Crippen molar-refractivity contribution >= 4 is 17.5 Å². The van der Waals surface area contributed by atoms with Crippen LogP contribution in [-0.4, -0.2) is 44.0 Å². The highest BCUT2D eigenvalue weighted by Gasteiger charge is 2.25. The zero-order valence-corrected chi connectivity index (χ0v) is 15.5. The van der Waals surface area contributed by atoms with Crippen molar-refractivity contribution in [3.8, 4) is 5.75 Å². The molecule has 0 atom stereocenters. The first-order valence-corrected chi connectivity index (χ1v) is 8.81. The lowest BCUT2D eigenvalue weighted by Gasteiger charge is -2.31. The van der Waals surface area contributed by atoms with E-state index in [4.69, 9.17) is 4.74 Å². The number of amides is 2. The summed E-state index contributed by atoms with van der Waals surface area (Å²) in [6.45, 7) is 2.70. The number of carbonyl (C=O) groups excluding carboxylic acids is 2. The van der Waals surface area contributed by atoms with Gasteiger partial charge in [0.25, 0.3) is 11.8 Å². The van der Waals surface area contributed by atoms with Gasteiger partial charge in [0.05, 0.1) is 5.69 Å². The minimum Gasteiger partial charge on any atom is -0.484 e. The van der Waals surface area contributed by atoms with Crippen LogP contribution in [0, 0.1) is 6.92 Å². The first-order valence-electron chi connectivity index (χ1n) is 8.81. The molecule has 1 aliphatic heterocycles. The van der Waals surface area contributed by atoms with Crippen LogP contribution in [0.25, 0.3) is 0 Å². The van der Waals surface area contributed by atoms with Gasteiger partial charge in [0, 0.05) is 26.2 Å². The SMILES string of the molecule is Cc1cccc2c1N(C(=O)c1cccc(OCC(=O)N(C)C)c1)CCC2. The molecule has 0 fully saturated rings. The number of para-hydroxylation sites is 1. The van der Waals surface area contributed by atoms with Crippen LogP contribution >= 0.6 is 0 Å². The van der Waals surface area contributed by atoms with Gasteiger partial charge in [0.2, 0.25) is 0 Å². The topological polar surface area (TPSA) is 49.9 Å². The van der Waals surface area contributed by atoms with Crippen molar-refractivity contribution in [1.29, 1.82) is 0 Å². The van der Waals surface area contributed by atoms with E-state index in [0.29, 0.717) is 17.9 Å². The van der Waals surface area contributed by atoms with Crippen molar-refractivity contribution in [3.05, 3.63) is 59.2 Å². The molecule has 2 aromatic carbocycles. The maximum absolute atomic E-state index is 13.1. The standard InChI is InChI=1S/C21H24N2O3/c1-15-7-4-8-16-10-6-12-23(20(15)16)21(25)17-9-5-11-18(13-17)26-14-19(24)22(2)3/h4-5,7-9,11,13H,6,10,12,14H2,1-3H3. The summed E-state index contributed by atoms with van der Waals surface area (Å²) in [6, 6.07) is 13.2. The lowest BCUT2D eigenvalue weighted by molar-refractivity contribution is -0.130. The Balaban J connectivity index is 1.81. The van der Waals surface area contributed by atoms with Gasteiger partial charge < -0.3 is 14.5 Å². The maximum atomic E-state index is 13.1. The Hall–Kier alpha value is -2.82. The van der Waals surface area contributed by atoms with E-state index in [1.165, 1.54) is 10.5 Å². The molecule has 26 heavy (non-hydrogen) atoms. The van der Waals surface area contributed by atoms with E-state index in [-0.39, 0.29) is 18.4 Å². The molecule has 0 radical (unpaired) electrons. The summed E-state index contributed by atoms with van der Waals surface area (Å²) in [5.74, 6) is 0.361. The molecule has 0 aromatic heterocycles. The fraction of sp³-hybridized carbons (Fsp3) is 0.333. The van der Waals surface area contributed by atoms with Crippen molar-refractivity contribution in [1.82, 2.24) is 4.90 Å². The number of ether oxygens (including phenoxy) is 1. The van der Waals surface area contributed by atoms with E-state index < -0.39 is 0 Å². The van der Waals surface area contributed by atoms with Crippen LogP contribution in [0.5, 0.6) is 5.75 Å². The Morgan fingerprint density at radius 3 is 2.69 bits per heavy atom. The Labute approximate surface area is 154 Å². The van der Waals surface area contributed by atoms with Gasteiger partial charge in [0.15, 0.2) is 6.61 Å². The number of fused-ring (bicyclic) bond motifs is 1. The monoisotopic (exact) mass is 352 g/mol. The summed E-state index contributed by atoms with van der Waals surface area (Å²) in [7, 11) is 3.36. The molecule has 1 aliphatic rings. The van der Waals surface area contributed by atoms with Gasteiger partial charge in [-0.25, -0.2) is 0 Å². The molecule has 0 saturated carbocycles. The Morgan fingerprint density at radius 1 is 1.15 bits per heavy atom. The Kier molecular flexibility index (Phi) is 5.26. The summed E-state index contributed by atoms with van der Waals surface area (Å²) in [5, 5.41) is 0. The summed E-state index contributed by atoms with van der Waals surface area (Å²) in [5.41, 5.74) is 3.92. The second-order valence-electron chi connectivity index (χ2n) is 6.75. The highest BCUT2D eigenvalue weighted by molar-refractivity contribution is 6.07. The predicted octanol–water partition coefficient (Wildman–Crippen LogP) is 3.06. The number of nitrogens with zero attached hydrogens (tertiary/aromatic N) is 2. The quantitative estimate of drug-likeness (QED) is 0.850. The number of hydrogen-bond acceptors (Lipinski definition) is 3. The second kappa shape index (κ2) is 7.60. The van der Waals surface area contributed by atoms with E-state index in [1.54, 1.807) is 38.4 Å². The summed E-state index contributed by atoms with van der Waals surface area (Å²) in [6.07, 6.45) is 1.95. The molecule has 3 rings (SSSR count). The normalized spacial score (nSPS) is 13.1. The van der Waals surface area contributed by atoms with E-state index >= 15 is 0 Å². The van der Waals surface area contributed by atoms with Crippen molar-refractivity contribution in [2.45, 2.75) is 19.8 Å².